The minimum atomic E-state index is -0.545. The predicted octanol–water partition coefficient (Wildman–Crippen LogP) is 5.44. The summed E-state index contributed by atoms with van der Waals surface area (Å²) < 4.78 is 27.3. The Hall–Kier alpha value is -3.36. The second kappa shape index (κ2) is 8.53. The minimum absolute atomic E-state index is 0.0412. The van der Waals surface area contributed by atoms with E-state index in [1.54, 1.807) is 54.6 Å². The van der Waals surface area contributed by atoms with Crippen LogP contribution in [0.5, 0.6) is 11.5 Å². The summed E-state index contributed by atoms with van der Waals surface area (Å²) in [7, 11) is 1.65. The summed E-state index contributed by atoms with van der Waals surface area (Å²) >= 11 is 1.28. The summed E-state index contributed by atoms with van der Waals surface area (Å²) in [6, 6.07) is 11.6. The number of thiophene rings is 1. The molecule has 1 aliphatic rings. The number of carbonyl (C=O) groups excluding carboxylic acids is 2. The molecule has 0 N–H and O–H groups in total. The van der Waals surface area contributed by atoms with Crippen LogP contribution in [-0.4, -0.2) is 47.9 Å². The Bertz CT molecular complexity index is 1400. The molecule has 0 saturated carbocycles. The molecule has 2 aromatic carbocycles. The number of halogens is 1. The Morgan fingerprint density at radius 2 is 2.00 bits per heavy atom. The number of benzene rings is 2. The fourth-order valence-corrected chi connectivity index (χ4v) is 5.20. The number of pyridine rings is 1. The van der Waals surface area contributed by atoms with Gasteiger partial charge >= 0.3 is 0 Å². The predicted molar refractivity (Wildman–Crippen MR) is 125 cm³/mol. The summed E-state index contributed by atoms with van der Waals surface area (Å²) in [5, 5.41) is 0.855. The first-order valence-corrected chi connectivity index (χ1v) is 11.4. The highest BCUT2D eigenvalue weighted by molar-refractivity contribution is 7.21. The molecule has 33 heavy (non-hydrogen) atoms. The number of ketones is 1. The van der Waals surface area contributed by atoms with Crippen molar-refractivity contribution < 1.29 is 23.5 Å². The molecule has 1 fully saturated rings. The van der Waals surface area contributed by atoms with Gasteiger partial charge in [0.2, 0.25) is 0 Å². The highest BCUT2D eigenvalue weighted by Crippen LogP contribution is 2.38. The third-order valence-electron chi connectivity index (χ3n) is 5.91. The SMILES string of the molecule is CO[C@H]1CCN(C(=O)c2cc3nccc(Oc4ccc5c(C(C)=O)cccc5c4F)c3s2)C1. The number of rotatable bonds is 5. The van der Waals surface area contributed by atoms with Gasteiger partial charge in [-0.1, -0.05) is 18.2 Å². The molecule has 0 bridgehead atoms. The Morgan fingerprint density at radius 1 is 1.15 bits per heavy atom. The summed E-state index contributed by atoms with van der Waals surface area (Å²) in [5.74, 6) is -0.288. The molecule has 1 atom stereocenters. The Kier molecular flexibility index (Phi) is 5.55. The number of Topliss-reactive ketones (excluding diaryl/α,β-unsaturated/α-hetero) is 1. The van der Waals surface area contributed by atoms with Gasteiger partial charge in [-0.2, -0.15) is 0 Å². The summed E-state index contributed by atoms with van der Waals surface area (Å²) in [4.78, 5) is 31.5. The number of carbonyl (C=O) groups is 2. The maximum atomic E-state index is 15.3. The molecule has 6 nitrogen and oxygen atoms in total. The largest absolute Gasteiger partial charge is 0.453 e. The van der Waals surface area contributed by atoms with E-state index in [1.165, 1.54) is 24.3 Å². The zero-order valence-electron chi connectivity index (χ0n) is 18.1. The van der Waals surface area contributed by atoms with Crippen molar-refractivity contribution >= 4 is 44.0 Å². The van der Waals surface area contributed by atoms with Crippen LogP contribution in [0, 0.1) is 5.82 Å². The number of ether oxygens (including phenoxy) is 2. The van der Waals surface area contributed by atoms with Crippen molar-refractivity contribution in [2.45, 2.75) is 19.4 Å². The number of likely N-dealkylation sites (tertiary alicyclic amines) is 1. The quantitative estimate of drug-likeness (QED) is 0.368. The summed E-state index contributed by atoms with van der Waals surface area (Å²) in [6.45, 7) is 2.66. The smallest absolute Gasteiger partial charge is 0.264 e. The molecule has 3 heterocycles. The first-order valence-electron chi connectivity index (χ1n) is 10.6. The molecule has 2 aromatic heterocycles. The number of aromatic nitrogens is 1. The zero-order valence-corrected chi connectivity index (χ0v) is 18.9. The first kappa shape index (κ1) is 21.5. The zero-order chi connectivity index (χ0) is 23.1. The van der Waals surface area contributed by atoms with Crippen molar-refractivity contribution in [3.63, 3.8) is 0 Å². The van der Waals surface area contributed by atoms with Gasteiger partial charge in [0.05, 0.1) is 21.2 Å². The maximum Gasteiger partial charge on any atom is 0.264 e. The van der Waals surface area contributed by atoms with Crippen LogP contribution in [0.3, 0.4) is 0 Å². The van der Waals surface area contributed by atoms with Crippen LogP contribution >= 0.6 is 11.3 Å². The summed E-state index contributed by atoms with van der Waals surface area (Å²) in [5.41, 5.74) is 1.08. The number of fused-ring (bicyclic) bond motifs is 2. The van der Waals surface area contributed by atoms with E-state index < -0.39 is 5.82 Å². The van der Waals surface area contributed by atoms with E-state index in [2.05, 4.69) is 4.98 Å². The van der Waals surface area contributed by atoms with E-state index in [0.717, 1.165) is 6.42 Å². The van der Waals surface area contributed by atoms with Crippen molar-refractivity contribution in [2.75, 3.05) is 20.2 Å². The summed E-state index contributed by atoms with van der Waals surface area (Å²) in [6.07, 6.45) is 2.44. The minimum Gasteiger partial charge on any atom is -0.453 e. The molecule has 1 amide bonds. The van der Waals surface area contributed by atoms with E-state index in [1.807, 2.05) is 0 Å². The second-order valence-electron chi connectivity index (χ2n) is 7.97. The second-order valence-corrected chi connectivity index (χ2v) is 9.02. The van der Waals surface area contributed by atoms with E-state index in [-0.39, 0.29) is 23.5 Å². The van der Waals surface area contributed by atoms with Crippen LogP contribution in [-0.2, 0) is 4.74 Å². The van der Waals surface area contributed by atoms with E-state index in [9.17, 15) is 9.59 Å². The molecule has 8 heteroatoms. The Balaban J connectivity index is 1.49. The van der Waals surface area contributed by atoms with Gasteiger partial charge in [-0.15, -0.1) is 11.3 Å². The average Bonchev–Trinajstić information content (AvgIpc) is 3.48. The van der Waals surface area contributed by atoms with Gasteiger partial charge in [-0.25, -0.2) is 4.39 Å². The molecule has 0 spiro atoms. The van der Waals surface area contributed by atoms with Gasteiger partial charge in [0, 0.05) is 43.4 Å². The van der Waals surface area contributed by atoms with Crippen LogP contribution in [0.1, 0.15) is 33.4 Å². The third-order valence-corrected chi connectivity index (χ3v) is 7.04. The van der Waals surface area contributed by atoms with E-state index in [0.29, 0.717) is 50.3 Å². The molecular formula is C25H21FN2O4S. The number of hydrogen-bond acceptors (Lipinski definition) is 6. The van der Waals surface area contributed by atoms with E-state index >= 15 is 4.39 Å². The molecular weight excluding hydrogens is 443 g/mol. The van der Waals surface area contributed by atoms with Crippen molar-refractivity contribution in [3.05, 3.63) is 64.9 Å². The number of nitrogens with zero attached hydrogens (tertiary/aromatic N) is 2. The topological polar surface area (TPSA) is 68.7 Å². The average molecular weight is 465 g/mol. The molecule has 0 aliphatic carbocycles. The molecule has 168 valence electrons. The van der Waals surface area contributed by atoms with Crippen molar-refractivity contribution in [1.29, 1.82) is 0 Å². The monoisotopic (exact) mass is 464 g/mol. The maximum absolute atomic E-state index is 15.3. The lowest BCUT2D eigenvalue weighted by molar-refractivity contribution is 0.0728. The standard InChI is InChI=1S/C25H21FN2O4S/c1-14(29)16-4-3-5-18-17(16)6-7-20(23(18)26)32-21-8-10-27-19-12-22(33-24(19)21)25(30)28-11-9-15(13-28)31-2/h3-8,10,12,15H,9,11,13H2,1-2H3/t15-/m0/s1. The van der Waals surface area contributed by atoms with Gasteiger partial charge in [0.1, 0.15) is 5.75 Å². The number of amides is 1. The fraction of sp³-hybridized carbons (Fsp3) is 0.240. The first-order chi connectivity index (χ1) is 16.0. The molecule has 1 saturated heterocycles. The lowest BCUT2D eigenvalue weighted by Gasteiger charge is -2.14. The van der Waals surface area contributed by atoms with Crippen molar-refractivity contribution in [1.82, 2.24) is 9.88 Å². The number of methoxy groups -OCH3 is 1. The molecule has 1 aliphatic heterocycles. The van der Waals surface area contributed by atoms with Crippen LogP contribution in [0.15, 0.2) is 48.7 Å². The van der Waals surface area contributed by atoms with Crippen molar-refractivity contribution in [2.24, 2.45) is 0 Å². The van der Waals surface area contributed by atoms with Gasteiger partial charge in [0.25, 0.3) is 5.91 Å². The Labute approximate surface area is 193 Å². The highest BCUT2D eigenvalue weighted by Gasteiger charge is 2.28. The molecule has 4 aromatic rings. The van der Waals surface area contributed by atoms with Gasteiger partial charge in [-0.05, 0) is 36.9 Å². The third kappa shape index (κ3) is 3.85. The molecule has 5 rings (SSSR count). The molecule has 0 radical (unpaired) electrons. The normalized spacial score (nSPS) is 16.0. The lowest BCUT2D eigenvalue weighted by Crippen LogP contribution is -2.29. The van der Waals surface area contributed by atoms with Gasteiger partial charge in [-0.3, -0.25) is 14.6 Å². The highest BCUT2D eigenvalue weighted by atomic mass is 32.1. The van der Waals surface area contributed by atoms with E-state index in [4.69, 9.17) is 9.47 Å². The van der Waals surface area contributed by atoms with Gasteiger partial charge < -0.3 is 14.4 Å². The lowest BCUT2D eigenvalue weighted by atomic mass is 10.0. The fourth-order valence-electron chi connectivity index (χ4n) is 4.17. The van der Waals surface area contributed by atoms with Crippen LogP contribution in [0.25, 0.3) is 21.0 Å². The van der Waals surface area contributed by atoms with Crippen LogP contribution in [0.2, 0.25) is 0 Å². The van der Waals surface area contributed by atoms with Crippen molar-refractivity contribution in [3.8, 4) is 11.5 Å². The number of hydrogen-bond donors (Lipinski definition) is 0. The Morgan fingerprint density at radius 3 is 2.76 bits per heavy atom. The van der Waals surface area contributed by atoms with Gasteiger partial charge in [0.15, 0.2) is 17.3 Å². The molecule has 0 unspecified atom stereocenters. The van der Waals surface area contributed by atoms with Crippen LogP contribution < -0.4 is 4.74 Å². The van der Waals surface area contributed by atoms with Crippen LogP contribution in [0.4, 0.5) is 4.39 Å².